The lowest BCUT2D eigenvalue weighted by atomic mass is 10.1. The summed E-state index contributed by atoms with van der Waals surface area (Å²) in [7, 11) is 0. The number of nitrogens with zero attached hydrogens (tertiary/aromatic N) is 3. The largest absolute Gasteiger partial charge is 0.464 e. The number of furan rings is 1. The summed E-state index contributed by atoms with van der Waals surface area (Å²) in [6, 6.07) is 19.0. The predicted molar refractivity (Wildman–Crippen MR) is 134 cm³/mol. The van der Waals surface area contributed by atoms with Crippen LogP contribution in [0.15, 0.2) is 71.1 Å². The van der Waals surface area contributed by atoms with Crippen LogP contribution in [0.3, 0.4) is 0 Å². The van der Waals surface area contributed by atoms with Gasteiger partial charge in [-0.1, -0.05) is 36.4 Å². The Balaban J connectivity index is 1.52. The summed E-state index contributed by atoms with van der Waals surface area (Å²) in [6.45, 7) is 6.19. The van der Waals surface area contributed by atoms with Crippen LogP contribution < -0.4 is 0 Å². The topological polar surface area (TPSA) is 66.2 Å². The van der Waals surface area contributed by atoms with Crippen molar-refractivity contribution in [3.05, 3.63) is 95.2 Å². The molecule has 0 bridgehead atoms. The first kappa shape index (κ1) is 25.6. The fourth-order valence-electron chi connectivity index (χ4n) is 4.20. The zero-order chi connectivity index (χ0) is 25.3. The molecule has 0 aliphatic carbocycles. The van der Waals surface area contributed by atoms with E-state index in [0.717, 1.165) is 24.4 Å². The van der Waals surface area contributed by atoms with Crippen LogP contribution in [0.1, 0.15) is 27.4 Å². The molecule has 8 heteroatoms. The summed E-state index contributed by atoms with van der Waals surface area (Å²) in [6.07, 6.45) is 0. The Morgan fingerprint density at radius 2 is 1.72 bits per heavy atom. The standard InChI is InChI=1S/C28H32FN3O4/c1-22-10-11-26(36-22)20-32(19-23-6-3-2-4-7-23)27(33)21-31(13-12-30-14-16-35-17-15-30)28(34)24-8-5-9-25(29)18-24/h2-11,18H,12-17,19-21H2,1H3. The van der Waals surface area contributed by atoms with E-state index in [1.807, 2.05) is 49.4 Å². The number of carbonyl (C=O) groups excluding carboxylic acids is 2. The van der Waals surface area contributed by atoms with Crippen molar-refractivity contribution >= 4 is 11.8 Å². The molecule has 1 aliphatic heterocycles. The van der Waals surface area contributed by atoms with Crippen LogP contribution in [0.25, 0.3) is 0 Å². The molecule has 0 radical (unpaired) electrons. The van der Waals surface area contributed by atoms with Crippen molar-refractivity contribution in [2.24, 2.45) is 0 Å². The summed E-state index contributed by atoms with van der Waals surface area (Å²) in [5.41, 5.74) is 1.20. The number of halogens is 1. The van der Waals surface area contributed by atoms with Crippen LogP contribution in [0.2, 0.25) is 0 Å². The van der Waals surface area contributed by atoms with E-state index >= 15 is 0 Å². The van der Waals surface area contributed by atoms with E-state index in [9.17, 15) is 14.0 Å². The second-order valence-electron chi connectivity index (χ2n) is 8.94. The van der Waals surface area contributed by atoms with Gasteiger partial charge >= 0.3 is 0 Å². The molecule has 36 heavy (non-hydrogen) atoms. The fraction of sp³-hybridized carbons (Fsp3) is 0.357. The zero-order valence-corrected chi connectivity index (χ0v) is 20.6. The molecule has 0 saturated carbocycles. The van der Waals surface area contributed by atoms with E-state index in [0.29, 0.717) is 38.6 Å². The van der Waals surface area contributed by atoms with Gasteiger partial charge in [0.05, 0.1) is 19.8 Å². The van der Waals surface area contributed by atoms with Gasteiger partial charge in [-0.2, -0.15) is 0 Å². The van der Waals surface area contributed by atoms with Gasteiger partial charge in [0, 0.05) is 38.3 Å². The number of rotatable bonds is 10. The van der Waals surface area contributed by atoms with Crippen molar-refractivity contribution in [1.29, 1.82) is 0 Å². The van der Waals surface area contributed by atoms with Gasteiger partial charge in [-0.3, -0.25) is 14.5 Å². The first-order chi connectivity index (χ1) is 17.5. The van der Waals surface area contributed by atoms with Crippen LogP contribution in [0, 0.1) is 12.7 Å². The number of morpholine rings is 1. The van der Waals surface area contributed by atoms with E-state index in [1.165, 1.54) is 23.1 Å². The molecule has 2 aromatic carbocycles. The minimum Gasteiger partial charge on any atom is -0.464 e. The molecule has 0 unspecified atom stereocenters. The monoisotopic (exact) mass is 493 g/mol. The van der Waals surface area contributed by atoms with Crippen molar-refractivity contribution in [3.8, 4) is 0 Å². The Bertz CT molecular complexity index is 1140. The SMILES string of the molecule is Cc1ccc(CN(Cc2ccccc2)C(=O)CN(CCN2CCOCC2)C(=O)c2cccc(F)c2)o1. The lowest BCUT2D eigenvalue weighted by molar-refractivity contribution is -0.133. The van der Waals surface area contributed by atoms with Crippen molar-refractivity contribution in [3.63, 3.8) is 0 Å². The van der Waals surface area contributed by atoms with Crippen molar-refractivity contribution < 1.29 is 23.1 Å². The second-order valence-corrected chi connectivity index (χ2v) is 8.94. The molecule has 0 atom stereocenters. The van der Waals surface area contributed by atoms with Crippen LogP contribution >= 0.6 is 0 Å². The first-order valence-electron chi connectivity index (χ1n) is 12.2. The van der Waals surface area contributed by atoms with Crippen molar-refractivity contribution in [1.82, 2.24) is 14.7 Å². The number of ether oxygens (including phenoxy) is 1. The summed E-state index contributed by atoms with van der Waals surface area (Å²) >= 11 is 0. The maximum atomic E-state index is 13.9. The molecule has 0 N–H and O–H groups in total. The molecular formula is C28H32FN3O4. The lowest BCUT2D eigenvalue weighted by Crippen LogP contribution is -2.47. The number of hydrogen-bond acceptors (Lipinski definition) is 5. The van der Waals surface area contributed by atoms with Gasteiger partial charge in [-0.15, -0.1) is 0 Å². The van der Waals surface area contributed by atoms with Gasteiger partial charge in [0.15, 0.2) is 0 Å². The highest BCUT2D eigenvalue weighted by molar-refractivity contribution is 5.96. The summed E-state index contributed by atoms with van der Waals surface area (Å²) in [4.78, 5) is 32.4. The lowest BCUT2D eigenvalue weighted by Gasteiger charge is -2.31. The minimum atomic E-state index is -0.487. The fourth-order valence-corrected chi connectivity index (χ4v) is 4.20. The van der Waals surface area contributed by atoms with Crippen LogP contribution in [0.5, 0.6) is 0 Å². The number of hydrogen-bond donors (Lipinski definition) is 0. The third-order valence-corrected chi connectivity index (χ3v) is 6.19. The van der Waals surface area contributed by atoms with Gasteiger partial charge in [0.25, 0.3) is 5.91 Å². The maximum Gasteiger partial charge on any atom is 0.254 e. The average molecular weight is 494 g/mol. The Kier molecular flexibility index (Phi) is 8.86. The highest BCUT2D eigenvalue weighted by Crippen LogP contribution is 2.15. The Hall–Kier alpha value is -3.49. The van der Waals surface area contributed by atoms with E-state index in [2.05, 4.69) is 4.90 Å². The Morgan fingerprint density at radius 3 is 2.42 bits per heavy atom. The highest BCUT2D eigenvalue weighted by atomic mass is 19.1. The molecule has 1 fully saturated rings. The molecule has 0 spiro atoms. The smallest absolute Gasteiger partial charge is 0.254 e. The van der Waals surface area contributed by atoms with Gasteiger partial charge < -0.3 is 19.0 Å². The van der Waals surface area contributed by atoms with Crippen molar-refractivity contribution in [2.75, 3.05) is 45.9 Å². The minimum absolute atomic E-state index is 0.119. The Morgan fingerprint density at radius 1 is 0.944 bits per heavy atom. The third-order valence-electron chi connectivity index (χ3n) is 6.19. The van der Waals surface area contributed by atoms with Crippen LogP contribution in [-0.2, 0) is 22.6 Å². The number of amides is 2. The molecule has 1 aromatic heterocycles. The van der Waals surface area contributed by atoms with E-state index in [1.54, 1.807) is 11.0 Å². The van der Waals surface area contributed by atoms with Crippen molar-refractivity contribution in [2.45, 2.75) is 20.0 Å². The summed E-state index contributed by atoms with van der Waals surface area (Å²) in [5, 5.41) is 0. The molecule has 7 nitrogen and oxygen atoms in total. The number of carbonyl (C=O) groups is 2. The first-order valence-corrected chi connectivity index (χ1v) is 12.2. The average Bonchev–Trinajstić information content (AvgIpc) is 3.31. The normalized spacial score (nSPS) is 13.9. The van der Waals surface area contributed by atoms with Crippen LogP contribution in [-0.4, -0.2) is 72.5 Å². The van der Waals surface area contributed by atoms with Gasteiger partial charge in [0.1, 0.15) is 23.9 Å². The maximum absolute atomic E-state index is 13.9. The summed E-state index contributed by atoms with van der Waals surface area (Å²) < 4.78 is 25.0. The molecule has 4 rings (SSSR count). The second kappa shape index (κ2) is 12.5. The molecular weight excluding hydrogens is 461 g/mol. The molecule has 190 valence electrons. The van der Waals surface area contributed by atoms with E-state index in [-0.39, 0.29) is 30.5 Å². The van der Waals surface area contributed by atoms with Gasteiger partial charge in [0.2, 0.25) is 5.91 Å². The van der Waals surface area contributed by atoms with E-state index < -0.39 is 5.82 Å². The highest BCUT2D eigenvalue weighted by Gasteiger charge is 2.24. The number of benzene rings is 2. The molecule has 2 amide bonds. The van der Waals surface area contributed by atoms with E-state index in [4.69, 9.17) is 9.15 Å². The van der Waals surface area contributed by atoms with Crippen LogP contribution in [0.4, 0.5) is 4.39 Å². The van der Waals surface area contributed by atoms with Gasteiger partial charge in [-0.05, 0) is 42.8 Å². The number of aryl methyl sites for hydroxylation is 1. The third kappa shape index (κ3) is 7.26. The van der Waals surface area contributed by atoms with Gasteiger partial charge in [-0.25, -0.2) is 4.39 Å². The molecule has 1 aliphatic rings. The molecule has 1 saturated heterocycles. The Labute approximate surface area is 211 Å². The zero-order valence-electron chi connectivity index (χ0n) is 20.6. The molecule has 3 aromatic rings. The summed E-state index contributed by atoms with van der Waals surface area (Å²) in [5.74, 6) is 0.377. The predicted octanol–water partition coefficient (Wildman–Crippen LogP) is 3.73. The molecule has 2 heterocycles. The quantitative estimate of drug-likeness (QED) is 0.431.